The van der Waals surface area contributed by atoms with Crippen LogP contribution in [0.25, 0.3) is 0 Å². The number of carbonyl (C=O) groups is 1. The van der Waals surface area contributed by atoms with Crippen LogP contribution in [0.2, 0.25) is 0 Å². The topological polar surface area (TPSA) is 74.9 Å². The molecule has 7 nitrogen and oxygen atoms in total. The molecule has 2 aromatic carbocycles. The Labute approximate surface area is 175 Å². The molecule has 2 saturated heterocycles. The van der Waals surface area contributed by atoms with E-state index in [0.717, 1.165) is 30.1 Å². The second-order valence-electron chi connectivity index (χ2n) is 7.44. The molecule has 2 aromatic rings. The monoisotopic (exact) mass is 414 g/mol. The van der Waals surface area contributed by atoms with Gasteiger partial charge in [-0.3, -0.25) is 15.6 Å². The molecule has 1 atom stereocenters. The van der Waals surface area contributed by atoms with Gasteiger partial charge in [-0.1, -0.05) is 6.07 Å². The summed E-state index contributed by atoms with van der Waals surface area (Å²) in [4.78, 5) is 14.8. The molecule has 160 valence electrons. The fourth-order valence-electron chi connectivity index (χ4n) is 4.01. The first kappa shape index (κ1) is 20.4. The van der Waals surface area contributed by atoms with Crippen molar-refractivity contribution < 1.29 is 18.7 Å². The quantitative estimate of drug-likeness (QED) is 0.647. The lowest BCUT2D eigenvalue weighted by atomic mass is 9.98. The van der Waals surface area contributed by atoms with E-state index in [1.165, 1.54) is 13.2 Å². The number of hydrazine groups is 1. The van der Waals surface area contributed by atoms with Crippen molar-refractivity contribution in [2.45, 2.75) is 25.3 Å². The summed E-state index contributed by atoms with van der Waals surface area (Å²) in [6.07, 6.45) is 0.653. The van der Waals surface area contributed by atoms with E-state index in [4.69, 9.17) is 9.47 Å². The zero-order valence-electron chi connectivity index (χ0n) is 17.2. The number of hydrogen-bond donors (Lipinski definition) is 3. The standard InChI is InChI=1S/C22H27FN4O3/c1-3-30-20-11-16(5-6-17(20)14-12-24-25-13-14)27-9-8-19(22(27)28)26-15-4-7-18(23)21(10-15)29-2/h4-7,10-11,14,19,24-26H,3,8-9,12-13H2,1-2H3. The van der Waals surface area contributed by atoms with Crippen LogP contribution >= 0.6 is 0 Å². The molecular weight excluding hydrogens is 387 g/mol. The number of amides is 1. The molecule has 3 N–H and O–H groups in total. The average Bonchev–Trinajstić information content (AvgIpc) is 3.40. The molecule has 8 heteroatoms. The minimum Gasteiger partial charge on any atom is -0.494 e. The van der Waals surface area contributed by atoms with Crippen molar-refractivity contribution in [2.24, 2.45) is 0 Å². The van der Waals surface area contributed by atoms with Crippen molar-refractivity contribution >= 4 is 17.3 Å². The fraction of sp³-hybridized carbons (Fsp3) is 0.409. The summed E-state index contributed by atoms with van der Waals surface area (Å²) in [6, 6.07) is 10.1. The normalized spacial score (nSPS) is 19.4. The lowest BCUT2D eigenvalue weighted by Gasteiger charge is -2.21. The summed E-state index contributed by atoms with van der Waals surface area (Å²) < 4.78 is 24.6. The van der Waals surface area contributed by atoms with Gasteiger partial charge in [0.05, 0.1) is 13.7 Å². The van der Waals surface area contributed by atoms with Crippen LogP contribution in [0.4, 0.5) is 15.8 Å². The molecule has 0 saturated carbocycles. The van der Waals surface area contributed by atoms with Gasteiger partial charge in [0.1, 0.15) is 11.8 Å². The van der Waals surface area contributed by atoms with Gasteiger partial charge in [-0.05, 0) is 31.5 Å². The Morgan fingerprint density at radius 1 is 1.17 bits per heavy atom. The Kier molecular flexibility index (Phi) is 6.06. The molecule has 4 rings (SSSR count). The number of anilines is 2. The number of hydrogen-bond acceptors (Lipinski definition) is 6. The van der Waals surface area contributed by atoms with Gasteiger partial charge in [0.2, 0.25) is 5.91 Å². The van der Waals surface area contributed by atoms with E-state index in [1.54, 1.807) is 17.0 Å². The maximum atomic E-state index is 13.6. The molecule has 1 amide bonds. The zero-order valence-corrected chi connectivity index (χ0v) is 17.2. The fourth-order valence-corrected chi connectivity index (χ4v) is 4.01. The highest BCUT2D eigenvalue weighted by molar-refractivity contribution is 6.01. The number of rotatable bonds is 7. The molecule has 2 aliphatic heterocycles. The molecule has 0 aliphatic carbocycles. The molecule has 1 unspecified atom stereocenters. The van der Waals surface area contributed by atoms with Gasteiger partial charge >= 0.3 is 0 Å². The number of halogens is 1. The summed E-state index contributed by atoms with van der Waals surface area (Å²) in [7, 11) is 1.42. The van der Waals surface area contributed by atoms with Gasteiger partial charge < -0.3 is 19.7 Å². The van der Waals surface area contributed by atoms with Crippen LogP contribution in [-0.2, 0) is 4.79 Å². The van der Waals surface area contributed by atoms with E-state index >= 15 is 0 Å². The lowest BCUT2D eigenvalue weighted by Crippen LogP contribution is -2.33. The largest absolute Gasteiger partial charge is 0.494 e. The van der Waals surface area contributed by atoms with E-state index in [0.29, 0.717) is 31.2 Å². The van der Waals surface area contributed by atoms with Crippen molar-refractivity contribution in [3.8, 4) is 11.5 Å². The number of methoxy groups -OCH3 is 1. The van der Waals surface area contributed by atoms with E-state index in [2.05, 4.69) is 22.2 Å². The molecule has 0 bridgehead atoms. The highest BCUT2D eigenvalue weighted by Crippen LogP contribution is 2.34. The molecule has 0 aromatic heterocycles. The first-order chi connectivity index (χ1) is 14.6. The Morgan fingerprint density at radius 3 is 2.70 bits per heavy atom. The van der Waals surface area contributed by atoms with Crippen LogP contribution in [0.1, 0.15) is 24.8 Å². The lowest BCUT2D eigenvalue weighted by molar-refractivity contribution is -0.117. The van der Waals surface area contributed by atoms with Crippen LogP contribution in [-0.4, -0.2) is 45.3 Å². The van der Waals surface area contributed by atoms with Crippen molar-refractivity contribution in [2.75, 3.05) is 43.6 Å². The minimum atomic E-state index is -0.432. The zero-order chi connectivity index (χ0) is 21.1. The van der Waals surface area contributed by atoms with Gasteiger partial charge in [-0.2, -0.15) is 0 Å². The van der Waals surface area contributed by atoms with Crippen LogP contribution in [0, 0.1) is 5.82 Å². The predicted octanol–water partition coefficient (Wildman–Crippen LogP) is 2.64. The Bertz CT molecular complexity index is 917. The second kappa shape index (κ2) is 8.89. The van der Waals surface area contributed by atoms with Gasteiger partial charge in [0.15, 0.2) is 11.6 Å². The van der Waals surface area contributed by atoms with E-state index < -0.39 is 5.82 Å². The number of ether oxygens (including phenoxy) is 2. The summed E-state index contributed by atoms with van der Waals surface area (Å²) in [6.45, 7) is 4.81. The summed E-state index contributed by atoms with van der Waals surface area (Å²) in [5.41, 5.74) is 8.91. The average molecular weight is 414 g/mol. The number of carbonyl (C=O) groups excluding carboxylic acids is 1. The molecular formula is C22H27FN4O3. The van der Waals surface area contributed by atoms with Crippen LogP contribution in [0.15, 0.2) is 36.4 Å². The molecule has 0 spiro atoms. The second-order valence-corrected chi connectivity index (χ2v) is 7.44. The van der Waals surface area contributed by atoms with Crippen molar-refractivity contribution in [3.63, 3.8) is 0 Å². The van der Waals surface area contributed by atoms with Gasteiger partial charge in [-0.15, -0.1) is 0 Å². The SMILES string of the molecule is CCOc1cc(N2CCC(Nc3ccc(F)c(OC)c3)C2=O)ccc1C1CNNC1. The minimum absolute atomic E-state index is 0.0160. The molecule has 2 aliphatic rings. The van der Waals surface area contributed by atoms with Gasteiger partial charge in [-0.25, -0.2) is 4.39 Å². The molecule has 2 fully saturated rings. The first-order valence-corrected chi connectivity index (χ1v) is 10.2. The summed E-state index contributed by atoms with van der Waals surface area (Å²) in [5, 5.41) is 3.20. The maximum absolute atomic E-state index is 13.6. The number of nitrogens with zero attached hydrogens (tertiary/aromatic N) is 1. The number of nitrogens with one attached hydrogen (secondary N) is 3. The highest BCUT2D eigenvalue weighted by Gasteiger charge is 2.33. The molecule has 30 heavy (non-hydrogen) atoms. The third-order valence-electron chi connectivity index (χ3n) is 5.57. The summed E-state index contributed by atoms with van der Waals surface area (Å²) in [5.74, 6) is 0.849. The van der Waals surface area contributed by atoms with Crippen molar-refractivity contribution in [3.05, 3.63) is 47.8 Å². The third-order valence-corrected chi connectivity index (χ3v) is 5.57. The van der Waals surface area contributed by atoms with Crippen molar-refractivity contribution in [1.29, 1.82) is 0 Å². The maximum Gasteiger partial charge on any atom is 0.249 e. The third kappa shape index (κ3) is 4.06. The first-order valence-electron chi connectivity index (χ1n) is 10.2. The highest BCUT2D eigenvalue weighted by atomic mass is 19.1. The van der Waals surface area contributed by atoms with E-state index in [-0.39, 0.29) is 17.7 Å². The van der Waals surface area contributed by atoms with E-state index in [9.17, 15) is 9.18 Å². The van der Waals surface area contributed by atoms with Crippen LogP contribution < -0.4 is 30.5 Å². The predicted molar refractivity (Wildman–Crippen MR) is 114 cm³/mol. The van der Waals surface area contributed by atoms with Gasteiger partial charge in [0.25, 0.3) is 0 Å². The van der Waals surface area contributed by atoms with Crippen LogP contribution in [0.3, 0.4) is 0 Å². The van der Waals surface area contributed by atoms with Crippen LogP contribution in [0.5, 0.6) is 11.5 Å². The van der Waals surface area contributed by atoms with E-state index in [1.807, 2.05) is 19.1 Å². The number of benzene rings is 2. The summed E-state index contributed by atoms with van der Waals surface area (Å²) >= 11 is 0. The molecule has 2 heterocycles. The van der Waals surface area contributed by atoms with Crippen molar-refractivity contribution in [1.82, 2.24) is 10.9 Å². The Balaban J connectivity index is 1.51. The Morgan fingerprint density at radius 2 is 1.97 bits per heavy atom. The smallest absolute Gasteiger partial charge is 0.249 e. The molecule has 0 radical (unpaired) electrons. The van der Waals surface area contributed by atoms with Gasteiger partial charge in [0, 0.05) is 54.6 Å². The Hall–Kier alpha value is -2.84.